The Morgan fingerprint density at radius 1 is 1.03 bits per heavy atom. The number of benzene rings is 2. The van der Waals surface area contributed by atoms with Crippen molar-refractivity contribution in [2.24, 2.45) is 0 Å². The molecule has 30 heavy (non-hydrogen) atoms. The van der Waals surface area contributed by atoms with Crippen molar-refractivity contribution in [2.45, 2.75) is 26.1 Å². The maximum Gasteiger partial charge on any atom is 0.387 e. The van der Waals surface area contributed by atoms with E-state index in [-0.39, 0.29) is 17.5 Å². The average Bonchev–Trinajstić information content (AvgIpc) is 2.72. The minimum absolute atomic E-state index is 0.0389. The zero-order chi connectivity index (χ0) is 21.9. The number of rotatable bonds is 11. The summed E-state index contributed by atoms with van der Waals surface area (Å²) in [4.78, 5) is 16.0. The van der Waals surface area contributed by atoms with Gasteiger partial charge in [0.2, 0.25) is 0 Å². The maximum absolute atomic E-state index is 12.4. The molecule has 0 aliphatic carbocycles. The monoisotopic (exact) mass is 421 g/mol. The van der Waals surface area contributed by atoms with Crippen molar-refractivity contribution in [1.29, 1.82) is 0 Å². The predicted octanol–water partition coefficient (Wildman–Crippen LogP) is 3.96. The Labute approximate surface area is 176 Å². The first-order chi connectivity index (χ1) is 14.4. The van der Waals surface area contributed by atoms with Gasteiger partial charge in [-0.2, -0.15) is 8.78 Å². The van der Waals surface area contributed by atoms with Gasteiger partial charge in [0.25, 0.3) is 0 Å². The lowest BCUT2D eigenvalue weighted by molar-refractivity contribution is -0.0512. The van der Waals surface area contributed by atoms with Crippen molar-refractivity contribution >= 4 is 6.03 Å². The molecule has 0 aliphatic rings. The molecule has 0 spiro atoms. The highest BCUT2D eigenvalue weighted by molar-refractivity contribution is 5.73. The summed E-state index contributed by atoms with van der Waals surface area (Å²) in [7, 11) is 5.10. The molecule has 0 heterocycles. The molecule has 0 radical (unpaired) electrons. The third-order valence-electron chi connectivity index (χ3n) is 4.50. The van der Waals surface area contributed by atoms with E-state index in [1.165, 1.54) is 23.6 Å². The van der Waals surface area contributed by atoms with Crippen molar-refractivity contribution in [3.05, 3.63) is 59.7 Å². The molecule has 2 aromatic carbocycles. The molecule has 1 N–H and O–H groups in total. The SMILES string of the molecule is COc1cc(CN(C)C(=O)NCCCN(C)Cc2ccccc2)ccc1OC(F)F. The van der Waals surface area contributed by atoms with Gasteiger partial charge in [-0.25, -0.2) is 4.79 Å². The Morgan fingerprint density at radius 3 is 2.43 bits per heavy atom. The van der Waals surface area contributed by atoms with Crippen LogP contribution in [-0.2, 0) is 13.1 Å². The first kappa shape index (κ1) is 23.4. The summed E-state index contributed by atoms with van der Waals surface area (Å²) in [5, 5.41) is 2.89. The van der Waals surface area contributed by atoms with Gasteiger partial charge in [0.05, 0.1) is 7.11 Å². The molecule has 164 valence electrons. The molecule has 0 atom stereocenters. The molecule has 6 nitrogen and oxygen atoms in total. The lowest BCUT2D eigenvalue weighted by Crippen LogP contribution is -2.38. The topological polar surface area (TPSA) is 54.0 Å². The molecule has 0 aromatic heterocycles. The third kappa shape index (κ3) is 7.87. The second-order valence-electron chi connectivity index (χ2n) is 7.03. The van der Waals surface area contributed by atoms with E-state index < -0.39 is 6.61 Å². The van der Waals surface area contributed by atoms with Gasteiger partial charge in [0.1, 0.15) is 0 Å². The minimum Gasteiger partial charge on any atom is -0.493 e. The summed E-state index contributed by atoms with van der Waals surface area (Å²) in [6.07, 6.45) is 0.830. The van der Waals surface area contributed by atoms with Gasteiger partial charge in [0, 0.05) is 26.7 Å². The molecule has 0 saturated carbocycles. The van der Waals surface area contributed by atoms with Gasteiger partial charge in [-0.1, -0.05) is 36.4 Å². The number of amides is 2. The second-order valence-corrected chi connectivity index (χ2v) is 7.03. The molecule has 0 saturated heterocycles. The summed E-state index contributed by atoms with van der Waals surface area (Å²) in [6, 6.07) is 14.6. The predicted molar refractivity (Wildman–Crippen MR) is 112 cm³/mol. The standard InChI is InChI=1S/C22H29F2N3O3/c1-26(15-17-8-5-4-6-9-17)13-7-12-25-22(28)27(2)16-18-10-11-19(30-21(23)24)20(14-18)29-3/h4-6,8-11,14,21H,7,12-13,15-16H2,1-3H3,(H,25,28). The third-order valence-corrected chi connectivity index (χ3v) is 4.50. The van der Waals surface area contributed by atoms with Crippen LogP contribution in [0.5, 0.6) is 11.5 Å². The molecular formula is C22H29F2N3O3. The van der Waals surface area contributed by atoms with Crippen LogP contribution in [0, 0.1) is 0 Å². The molecule has 0 fully saturated rings. The van der Waals surface area contributed by atoms with Crippen LogP contribution in [0.3, 0.4) is 0 Å². The van der Waals surface area contributed by atoms with Crippen LogP contribution in [0.4, 0.5) is 13.6 Å². The van der Waals surface area contributed by atoms with Crippen LogP contribution in [-0.4, -0.2) is 56.7 Å². The summed E-state index contributed by atoms with van der Waals surface area (Å²) in [5.74, 6) is 0.158. The number of nitrogens with one attached hydrogen (secondary N) is 1. The van der Waals surface area contributed by atoms with E-state index in [1.54, 1.807) is 19.2 Å². The van der Waals surface area contributed by atoms with Crippen LogP contribution in [0.2, 0.25) is 0 Å². The number of alkyl halides is 2. The van der Waals surface area contributed by atoms with E-state index in [4.69, 9.17) is 4.74 Å². The largest absolute Gasteiger partial charge is 0.493 e. The number of nitrogens with zero attached hydrogens (tertiary/aromatic N) is 2. The Morgan fingerprint density at radius 2 is 1.77 bits per heavy atom. The van der Waals surface area contributed by atoms with Gasteiger partial charge in [-0.05, 0) is 43.3 Å². The molecule has 0 bridgehead atoms. The van der Waals surface area contributed by atoms with Crippen LogP contribution in [0.25, 0.3) is 0 Å². The Hall–Kier alpha value is -2.87. The maximum atomic E-state index is 12.4. The fourth-order valence-corrected chi connectivity index (χ4v) is 3.00. The number of carbonyl (C=O) groups excluding carboxylic acids is 1. The lowest BCUT2D eigenvalue weighted by atomic mass is 10.2. The fourth-order valence-electron chi connectivity index (χ4n) is 3.00. The Balaban J connectivity index is 1.74. The number of methoxy groups -OCH3 is 1. The Bertz CT molecular complexity index is 790. The molecule has 0 unspecified atom stereocenters. The summed E-state index contributed by atoms with van der Waals surface area (Å²) >= 11 is 0. The van der Waals surface area contributed by atoms with Gasteiger partial charge in [-0.15, -0.1) is 0 Å². The van der Waals surface area contributed by atoms with Gasteiger partial charge in [0.15, 0.2) is 11.5 Å². The number of hydrogen-bond acceptors (Lipinski definition) is 4. The Kier molecular flexibility index (Phi) is 9.34. The average molecular weight is 421 g/mol. The molecule has 2 amide bonds. The smallest absolute Gasteiger partial charge is 0.387 e. The normalized spacial score (nSPS) is 10.9. The quantitative estimate of drug-likeness (QED) is 0.558. The zero-order valence-electron chi connectivity index (χ0n) is 17.6. The summed E-state index contributed by atoms with van der Waals surface area (Å²) in [6.45, 7) is -0.327. The molecule has 2 aromatic rings. The fraction of sp³-hybridized carbons (Fsp3) is 0.409. The molecule has 0 aliphatic heterocycles. The lowest BCUT2D eigenvalue weighted by Gasteiger charge is -2.20. The van der Waals surface area contributed by atoms with E-state index in [0.29, 0.717) is 13.1 Å². The van der Waals surface area contributed by atoms with E-state index >= 15 is 0 Å². The van der Waals surface area contributed by atoms with Crippen LogP contribution in [0.15, 0.2) is 48.5 Å². The molecule has 2 rings (SSSR count). The summed E-state index contributed by atoms with van der Waals surface area (Å²) < 4.78 is 34.3. The number of urea groups is 1. The highest BCUT2D eigenvalue weighted by atomic mass is 19.3. The van der Waals surface area contributed by atoms with Crippen LogP contribution < -0.4 is 14.8 Å². The highest BCUT2D eigenvalue weighted by Crippen LogP contribution is 2.29. The van der Waals surface area contributed by atoms with Gasteiger partial charge in [-0.3, -0.25) is 0 Å². The number of halogens is 2. The summed E-state index contributed by atoms with van der Waals surface area (Å²) in [5.41, 5.74) is 2.00. The van der Waals surface area contributed by atoms with Gasteiger partial charge >= 0.3 is 12.6 Å². The van der Waals surface area contributed by atoms with E-state index in [2.05, 4.69) is 34.1 Å². The first-order valence-electron chi connectivity index (χ1n) is 9.72. The van der Waals surface area contributed by atoms with Crippen molar-refractivity contribution in [3.8, 4) is 11.5 Å². The molecular weight excluding hydrogens is 392 g/mol. The first-order valence-corrected chi connectivity index (χ1v) is 9.72. The van der Waals surface area contributed by atoms with E-state index in [9.17, 15) is 13.6 Å². The van der Waals surface area contributed by atoms with Crippen molar-refractivity contribution in [1.82, 2.24) is 15.1 Å². The highest BCUT2D eigenvalue weighted by Gasteiger charge is 2.13. The second kappa shape index (κ2) is 12.0. The van der Waals surface area contributed by atoms with Crippen LogP contribution >= 0.6 is 0 Å². The van der Waals surface area contributed by atoms with Crippen molar-refractivity contribution < 1.29 is 23.0 Å². The number of hydrogen-bond donors (Lipinski definition) is 1. The van der Waals surface area contributed by atoms with Crippen molar-refractivity contribution in [2.75, 3.05) is 34.3 Å². The van der Waals surface area contributed by atoms with E-state index in [1.807, 2.05) is 18.2 Å². The minimum atomic E-state index is -2.93. The molecule has 8 heteroatoms. The van der Waals surface area contributed by atoms with Gasteiger partial charge < -0.3 is 24.6 Å². The number of ether oxygens (including phenoxy) is 2. The van der Waals surface area contributed by atoms with Crippen LogP contribution in [0.1, 0.15) is 17.5 Å². The zero-order valence-corrected chi connectivity index (χ0v) is 17.6. The van der Waals surface area contributed by atoms with E-state index in [0.717, 1.165) is 25.1 Å². The number of carbonyl (C=O) groups is 1. The van der Waals surface area contributed by atoms with Crippen molar-refractivity contribution in [3.63, 3.8) is 0 Å².